The van der Waals surface area contributed by atoms with Crippen LogP contribution in [0.5, 0.6) is 17.2 Å². The lowest BCUT2D eigenvalue weighted by atomic mass is 10.1. The van der Waals surface area contributed by atoms with Crippen LogP contribution in [0.3, 0.4) is 0 Å². The highest BCUT2D eigenvalue weighted by Crippen LogP contribution is 2.38. The highest BCUT2D eigenvalue weighted by atomic mass is 19.1. The zero-order valence-electron chi connectivity index (χ0n) is 17.2. The fourth-order valence-corrected chi connectivity index (χ4v) is 3.81. The molecule has 1 aromatic heterocycles. The molecule has 0 spiro atoms. The van der Waals surface area contributed by atoms with Crippen molar-refractivity contribution in [2.24, 2.45) is 0 Å². The topological polar surface area (TPSA) is 75.0 Å². The molecule has 1 aliphatic heterocycles. The maximum atomic E-state index is 13.3. The predicted molar refractivity (Wildman–Crippen MR) is 115 cm³/mol. The number of carbonyl (C=O) groups is 1. The first-order valence-electron chi connectivity index (χ1n) is 9.86. The van der Waals surface area contributed by atoms with Crippen LogP contribution in [0.25, 0.3) is 21.9 Å². The van der Waals surface area contributed by atoms with E-state index >= 15 is 0 Å². The van der Waals surface area contributed by atoms with Crippen LogP contribution in [0, 0.1) is 19.7 Å². The highest BCUT2D eigenvalue weighted by Gasteiger charge is 2.20. The number of carbonyl (C=O) groups excluding carboxylic acids is 1. The Labute approximate surface area is 181 Å². The third-order valence-corrected chi connectivity index (χ3v) is 5.31. The molecule has 0 fully saturated rings. The Morgan fingerprint density at radius 3 is 2.38 bits per heavy atom. The van der Waals surface area contributed by atoms with E-state index in [1.165, 1.54) is 30.3 Å². The SMILES string of the molecule is Cc1oc(C)c2c(=O)cc(-c3ccc4c(c3)OCO4)cc(OC(=O)c3ccc(F)cc3)c12. The lowest BCUT2D eigenvalue weighted by Crippen LogP contribution is -2.08. The lowest BCUT2D eigenvalue weighted by Gasteiger charge is -2.06. The van der Waals surface area contributed by atoms with E-state index in [4.69, 9.17) is 18.6 Å². The van der Waals surface area contributed by atoms with E-state index in [2.05, 4.69) is 0 Å². The molecule has 1 aliphatic rings. The summed E-state index contributed by atoms with van der Waals surface area (Å²) in [5.41, 5.74) is 1.13. The van der Waals surface area contributed by atoms with Gasteiger partial charge in [-0.2, -0.15) is 0 Å². The predicted octanol–water partition coefficient (Wildman–Crippen LogP) is 5.16. The standard InChI is InChI=1S/C25H17FO6/c1-13-23-19(27)9-17(16-5-8-20-21(10-16)30-12-29-20)11-22(24(23)14(2)31-13)32-25(28)15-3-6-18(26)7-4-15/h3-11H,12H2,1-2H3. The number of esters is 1. The summed E-state index contributed by atoms with van der Waals surface area (Å²) in [7, 11) is 0. The minimum absolute atomic E-state index is 0.128. The Bertz CT molecular complexity index is 1440. The molecular weight excluding hydrogens is 415 g/mol. The fraction of sp³-hybridized carbons (Fsp3) is 0.120. The summed E-state index contributed by atoms with van der Waals surface area (Å²) in [6, 6.07) is 13.4. The quantitative estimate of drug-likeness (QED) is 0.416. The second-order valence-corrected chi connectivity index (χ2v) is 7.40. The molecule has 7 heteroatoms. The third-order valence-electron chi connectivity index (χ3n) is 5.31. The molecule has 0 bridgehead atoms. The first kappa shape index (κ1) is 19.8. The van der Waals surface area contributed by atoms with Crippen molar-refractivity contribution in [1.29, 1.82) is 0 Å². The fourth-order valence-electron chi connectivity index (χ4n) is 3.81. The zero-order valence-corrected chi connectivity index (χ0v) is 17.2. The van der Waals surface area contributed by atoms with Crippen LogP contribution in [-0.2, 0) is 0 Å². The Morgan fingerprint density at radius 2 is 1.59 bits per heavy atom. The van der Waals surface area contributed by atoms with Gasteiger partial charge in [-0.25, -0.2) is 9.18 Å². The van der Waals surface area contributed by atoms with Gasteiger partial charge in [0.1, 0.15) is 23.1 Å². The van der Waals surface area contributed by atoms with Gasteiger partial charge in [0.05, 0.1) is 16.3 Å². The minimum atomic E-state index is -0.681. The number of rotatable bonds is 3. The van der Waals surface area contributed by atoms with Crippen molar-refractivity contribution in [2.75, 3.05) is 6.79 Å². The van der Waals surface area contributed by atoms with E-state index in [9.17, 15) is 14.0 Å². The average Bonchev–Trinajstić information content (AvgIpc) is 3.31. The number of fused-ring (bicyclic) bond motifs is 2. The van der Waals surface area contributed by atoms with E-state index in [1.807, 2.05) is 0 Å². The normalized spacial score (nSPS) is 12.2. The first-order valence-corrected chi connectivity index (χ1v) is 9.86. The monoisotopic (exact) mass is 432 g/mol. The number of aryl methyl sites for hydroxylation is 2. The Morgan fingerprint density at radius 1 is 0.875 bits per heavy atom. The first-order chi connectivity index (χ1) is 15.4. The van der Waals surface area contributed by atoms with E-state index in [-0.39, 0.29) is 23.5 Å². The van der Waals surface area contributed by atoms with Crippen molar-refractivity contribution < 1.29 is 27.8 Å². The van der Waals surface area contributed by atoms with Crippen molar-refractivity contribution in [3.8, 4) is 28.4 Å². The molecule has 5 rings (SSSR count). The van der Waals surface area contributed by atoms with E-state index in [0.717, 1.165) is 0 Å². The van der Waals surface area contributed by atoms with Gasteiger partial charge < -0.3 is 18.6 Å². The van der Waals surface area contributed by atoms with Crippen LogP contribution in [-0.4, -0.2) is 12.8 Å². The molecular formula is C25H17FO6. The molecule has 3 aromatic carbocycles. The number of ether oxygens (including phenoxy) is 3. The maximum absolute atomic E-state index is 13.3. The molecule has 32 heavy (non-hydrogen) atoms. The van der Waals surface area contributed by atoms with Gasteiger partial charge in [0.15, 0.2) is 16.9 Å². The molecule has 0 N–H and O–H groups in total. The summed E-state index contributed by atoms with van der Waals surface area (Å²) in [4.78, 5) is 25.9. The average molecular weight is 432 g/mol. The van der Waals surface area contributed by atoms with Crippen molar-refractivity contribution in [3.05, 3.63) is 87.7 Å². The largest absolute Gasteiger partial charge is 0.465 e. The van der Waals surface area contributed by atoms with Crippen molar-refractivity contribution in [2.45, 2.75) is 13.8 Å². The molecule has 0 aliphatic carbocycles. The molecule has 0 saturated carbocycles. The van der Waals surface area contributed by atoms with E-state index < -0.39 is 11.8 Å². The van der Waals surface area contributed by atoms with Gasteiger partial charge in [-0.3, -0.25) is 4.79 Å². The smallest absolute Gasteiger partial charge is 0.343 e. The summed E-state index contributed by atoms with van der Waals surface area (Å²) in [5, 5.41) is 0.742. The highest BCUT2D eigenvalue weighted by molar-refractivity contribution is 5.97. The van der Waals surface area contributed by atoms with Crippen LogP contribution in [0.15, 0.2) is 63.8 Å². The van der Waals surface area contributed by atoms with Crippen LogP contribution >= 0.6 is 0 Å². The maximum Gasteiger partial charge on any atom is 0.343 e. The molecule has 0 amide bonds. The second kappa shape index (κ2) is 7.53. The summed E-state index contributed by atoms with van der Waals surface area (Å²) in [6.07, 6.45) is 0. The van der Waals surface area contributed by atoms with Gasteiger partial charge >= 0.3 is 5.97 Å². The van der Waals surface area contributed by atoms with E-state index in [0.29, 0.717) is 44.9 Å². The summed E-state index contributed by atoms with van der Waals surface area (Å²) < 4.78 is 35.4. The van der Waals surface area contributed by atoms with Crippen molar-refractivity contribution in [3.63, 3.8) is 0 Å². The Balaban J connectivity index is 1.69. The van der Waals surface area contributed by atoms with Gasteiger partial charge in [0.2, 0.25) is 6.79 Å². The molecule has 6 nitrogen and oxygen atoms in total. The number of furan rings is 1. The van der Waals surface area contributed by atoms with Crippen LogP contribution in [0.4, 0.5) is 4.39 Å². The number of hydrogen-bond donors (Lipinski definition) is 0. The van der Waals surface area contributed by atoms with Gasteiger partial charge in [0, 0.05) is 0 Å². The van der Waals surface area contributed by atoms with Crippen LogP contribution in [0.2, 0.25) is 0 Å². The van der Waals surface area contributed by atoms with Crippen molar-refractivity contribution >= 4 is 16.7 Å². The van der Waals surface area contributed by atoms with Crippen LogP contribution < -0.4 is 19.6 Å². The number of halogens is 1. The molecule has 4 aromatic rings. The van der Waals surface area contributed by atoms with Gasteiger partial charge in [0.25, 0.3) is 0 Å². The second-order valence-electron chi connectivity index (χ2n) is 7.40. The molecule has 0 unspecified atom stereocenters. The van der Waals surface area contributed by atoms with E-state index in [1.54, 1.807) is 38.1 Å². The molecule has 0 saturated heterocycles. The number of hydrogen-bond acceptors (Lipinski definition) is 6. The lowest BCUT2D eigenvalue weighted by molar-refractivity contribution is 0.0737. The summed E-state index contributed by atoms with van der Waals surface area (Å²) in [6.45, 7) is 3.51. The number of benzene rings is 2. The third kappa shape index (κ3) is 3.37. The van der Waals surface area contributed by atoms with Crippen LogP contribution in [0.1, 0.15) is 21.9 Å². The molecule has 2 heterocycles. The molecule has 160 valence electrons. The Kier molecular flexibility index (Phi) is 4.66. The minimum Gasteiger partial charge on any atom is -0.465 e. The molecule has 0 radical (unpaired) electrons. The van der Waals surface area contributed by atoms with Crippen molar-refractivity contribution in [1.82, 2.24) is 0 Å². The Hall–Kier alpha value is -4.13. The van der Waals surface area contributed by atoms with Gasteiger partial charge in [-0.1, -0.05) is 6.07 Å². The van der Waals surface area contributed by atoms with Gasteiger partial charge in [-0.15, -0.1) is 0 Å². The van der Waals surface area contributed by atoms with Gasteiger partial charge in [-0.05, 0) is 73.5 Å². The summed E-state index contributed by atoms with van der Waals surface area (Å²) in [5.74, 6) is 1.07. The zero-order chi connectivity index (χ0) is 22.4. The summed E-state index contributed by atoms with van der Waals surface area (Å²) >= 11 is 0. The molecule has 0 atom stereocenters.